The van der Waals surface area contributed by atoms with Crippen LogP contribution in [0.4, 0.5) is 0 Å². The molecule has 0 heterocycles. The maximum Gasteiger partial charge on any atom is 0.288 e. The van der Waals surface area contributed by atoms with Gasteiger partial charge in [-0.3, -0.25) is 0 Å². The average Bonchev–Trinajstić information content (AvgIpc) is 2.59. The Morgan fingerprint density at radius 3 is 1.70 bits per heavy atom. The number of ether oxygens (including phenoxy) is 3. The van der Waals surface area contributed by atoms with Crippen LogP contribution >= 0.6 is 0 Å². The van der Waals surface area contributed by atoms with E-state index >= 15 is 0 Å². The molecule has 140 valence electrons. The Labute approximate surface area is 145 Å². The van der Waals surface area contributed by atoms with Gasteiger partial charge in [-0.05, 0) is 25.2 Å². The van der Waals surface area contributed by atoms with Crippen molar-refractivity contribution in [3.63, 3.8) is 0 Å². The van der Waals surface area contributed by atoms with Crippen molar-refractivity contribution in [2.75, 3.05) is 21.3 Å². The second-order valence-electron chi connectivity index (χ2n) is 6.74. The first-order valence-electron chi connectivity index (χ1n) is 9.73. The minimum Gasteiger partial charge on any atom is -0.330 e. The maximum atomic E-state index is 5.83. The zero-order valence-electron chi connectivity index (χ0n) is 16.9. The van der Waals surface area contributed by atoms with Crippen molar-refractivity contribution >= 4 is 0 Å². The largest absolute Gasteiger partial charge is 0.330 e. The predicted octanol–water partition coefficient (Wildman–Crippen LogP) is 6.16. The van der Waals surface area contributed by atoms with E-state index in [4.69, 9.17) is 14.2 Å². The predicted molar refractivity (Wildman–Crippen MR) is 98.5 cm³/mol. The summed E-state index contributed by atoms with van der Waals surface area (Å²) in [5.41, 5.74) is -0.0977. The summed E-state index contributed by atoms with van der Waals surface area (Å²) in [5.74, 6) is -0.393. The summed E-state index contributed by atoms with van der Waals surface area (Å²) < 4.78 is 17.5. The van der Waals surface area contributed by atoms with Crippen molar-refractivity contribution in [3.8, 4) is 0 Å². The van der Waals surface area contributed by atoms with Gasteiger partial charge in [-0.25, -0.2) is 0 Å². The topological polar surface area (TPSA) is 27.7 Å². The van der Waals surface area contributed by atoms with Crippen molar-refractivity contribution in [2.24, 2.45) is 11.3 Å². The molecule has 0 bridgehead atoms. The molecule has 0 saturated carbocycles. The van der Waals surface area contributed by atoms with Crippen LogP contribution in [0.3, 0.4) is 0 Å². The Bertz CT molecular complexity index is 268. The molecule has 0 radical (unpaired) electrons. The molecular formula is C20H42O3. The number of hydrogen-bond acceptors (Lipinski definition) is 3. The summed E-state index contributed by atoms with van der Waals surface area (Å²) in [7, 11) is 5.13. The van der Waals surface area contributed by atoms with Crippen LogP contribution < -0.4 is 0 Å². The molecular weight excluding hydrogens is 288 g/mol. The zero-order valence-corrected chi connectivity index (χ0v) is 16.9. The highest BCUT2D eigenvalue weighted by atomic mass is 16.9. The van der Waals surface area contributed by atoms with Crippen LogP contribution in [0.25, 0.3) is 0 Å². The zero-order chi connectivity index (χ0) is 17.8. The first-order valence-corrected chi connectivity index (χ1v) is 9.73. The molecule has 23 heavy (non-hydrogen) atoms. The fraction of sp³-hybridized carbons (Fsp3) is 1.00. The second-order valence-corrected chi connectivity index (χ2v) is 6.74. The minimum atomic E-state index is -0.943. The third-order valence-electron chi connectivity index (χ3n) is 5.67. The standard InChI is InChI=1S/C20H42O3/c1-8-12-13-14-15-16-18(10-3)19(11-4,17-9-2)20(21-5,22-6)23-7/h18H,8-17H2,1-7H3. The Hall–Kier alpha value is -0.120. The summed E-state index contributed by atoms with van der Waals surface area (Å²) in [6.07, 6.45) is 12.2. The molecule has 2 atom stereocenters. The Morgan fingerprint density at radius 2 is 1.30 bits per heavy atom. The van der Waals surface area contributed by atoms with Gasteiger partial charge in [0.15, 0.2) is 0 Å². The lowest BCUT2D eigenvalue weighted by Crippen LogP contribution is -2.56. The maximum absolute atomic E-state index is 5.83. The normalized spacial score (nSPS) is 16.3. The van der Waals surface area contributed by atoms with Crippen molar-refractivity contribution in [1.82, 2.24) is 0 Å². The molecule has 0 saturated heterocycles. The van der Waals surface area contributed by atoms with Gasteiger partial charge in [-0.2, -0.15) is 0 Å². The van der Waals surface area contributed by atoms with E-state index in [1.165, 1.54) is 38.5 Å². The van der Waals surface area contributed by atoms with Gasteiger partial charge in [0.25, 0.3) is 5.97 Å². The molecule has 0 fully saturated rings. The third kappa shape index (κ3) is 5.44. The first-order chi connectivity index (χ1) is 11.1. The fourth-order valence-corrected chi connectivity index (χ4v) is 4.46. The summed E-state index contributed by atoms with van der Waals surface area (Å²) >= 11 is 0. The highest BCUT2D eigenvalue weighted by molar-refractivity contribution is 4.93. The van der Waals surface area contributed by atoms with Gasteiger partial charge < -0.3 is 14.2 Å². The second kappa shape index (κ2) is 12.3. The van der Waals surface area contributed by atoms with Crippen molar-refractivity contribution < 1.29 is 14.2 Å². The number of methoxy groups -OCH3 is 3. The van der Waals surface area contributed by atoms with Crippen molar-refractivity contribution in [1.29, 1.82) is 0 Å². The molecule has 0 aliphatic heterocycles. The van der Waals surface area contributed by atoms with Crippen molar-refractivity contribution in [2.45, 2.75) is 97.9 Å². The van der Waals surface area contributed by atoms with Crippen LogP contribution in [0.5, 0.6) is 0 Å². The molecule has 3 heteroatoms. The van der Waals surface area contributed by atoms with E-state index in [1.54, 1.807) is 21.3 Å². The Morgan fingerprint density at radius 1 is 0.739 bits per heavy atom. The van der Waals surface area contributed by atoms with E-state index in [9.17, 15) is 0 Å². The fourth-order valence-electron chi connectivity index (χ4n) is 4.46. The lowest BCUT2D eigenvalue weighted by molar-refractivity contribution is -0.419. The van der Waals surface area contributed by atoms with E-state index < -0.39 is 5.97 Å². The van der Waals surface area contributed by atoms with Gasteiger partial charge in [0.05, 0.1) is 5.41 Å². The van der Waals surface area contributed by atoms with Crippen LogP contribution in [0.15, 0.2) is 0 Å². The Balaban J connectivity index is 5.29. The van der Waals surface area contributed by atoms with E-state index in [0.717, 1.165) is 25.7 Å². The monoisotopic (exact) mass is 330 g/mol. The van der Waals surface area contributed by atoms with Crippen LogP contribution in [0, 0.1) is 11.3 Å². The molecule has 0 aliphatic rings. The molecule has 0 aromatic carbocycles. The summed E-state index contributed by atoms with van der Waals surface area (Å²) in [5, 5.41) is 0. The molecule has 0 spiro atoms. The summed E-state index contributed by atoms with van der Waals surface area (Å²) in [6.45, 7) is 9.05. The first kappa shape index (κ1) is 22.9. The number of rotatable bonds is 15. The van der Waals surface area contributed by atoms with Crippen LogP contribution in [-0.4, -0.2) is 27.3 Å². The van der Waals surface area contributed by atoms with Gasteiger partial charge >= 0.3 is 0 Å². The molecule has 3 nitrogen and oxygen atoms in total. The Kier molecular flexibility index (Phi) is 12.2. The quantitative estimate of drug-likeness (QED) is 0.266. The molecule has 0 aromatic rings. The van der Waals surface area contributed by atoms with E-state index in [-0.39, 0.29) is 5.41 Å². The molecule has 0 N–H and O–H groups in total. The van der Waals surface area contributed by atoms with Crippen molar-refractivity contribution in [3.05, 3.63) is 0 Å². The smallest absolute Gasteiger partial charge is 0.288 e. The van der Waals surface area contributed by atoms with E-state index in [0.29, 0.717) is 5.92 Å². The number of unbranched alkanes of at least 4 members (excludes halogenated alkanes) is 4. The molecule has 0 rings (SSSR count). The lowest BCUT2D eigenvalue weighted by atomic mass is 9.65. The van der Waals surface area contributed by atoms with Gasteiger partial charge in [0.1, 0.15) is 0 Å². The lowest BCUT2D eigenvalue weighted by Gasteiger charge is -2.51. The van der Waals surface area contributed by atoms with Crippen LogP contribution in [0.2, 0.25) is 0 Å². The van der Waals surface area contributed by atoms with Gasteiger partial charge in [-0.1, -0.05) is 72.6 Å². The summed E-state index contributed by atoms with van der Waals surface area (Å²) in [6, 6.07) is 0. The average molecular weight is 331 g/mol. The minimum absolute atomic E-state index is 0.0977. The van der Waals surface area contributed by atoms with Gasteiger partial charge in [-0.15, -0.1) is 0 Å². The third-order valence-corrected chi connectivity index (χ3v) is 5.67. The van der Waals surface area contributed by atoms with Gasteiger partial charge in [0.2, 0.25) is 0 Å². The van der Waals surface area contributed by atoms with E-state index in [1.807, 2.05) is 0 Å². The molecule has 0 aliphatic carbocycles. The van der Waals surface area contributed by atoms with Gasteiger partial charge in [0, 0.05) is 21.3 Å². The molecule has 2 unspecified atom stereocenters. The highest BCUT2D eigenvalue weighted by Gasteiger charge is 2.55. The van der Waals surface area contributed by atoms with E-state index in [2.05, 4.69) is 27.7 Å². The van der Waals surface area contributed by atoms with Crippen LogP contribution in [-0.2, 0) is 14.2 Å². The highest BCUT2D eigenvalue weighted by Crippen LogP contribution is 2.51. The number of hydrogen-bond donors (Lipinski definition) is 0. The summed E-state index contributed by atoms with van der Waals surface area (Å²) in [4.78, 5) is 0. The SMILES string of the molecule is CCCCCCCC(CC)C(CC)(CCC)C(OC)(OC)OC. The molecule has 0 aromatic heterocycles. The molecule has 0 amide bonds. The van der Waals surface area contributed by atoms with Crippen LogP contribution in [0.1, 0.15) is 91.9 Å².